The first-order chi connectivity index (χ1) is 11.1. The molecule has 2 nitrogen and oxygen atoms in total. The van der Waals surface area contributed by atoms with Crippen LogP contribution in [0, 0.1) is 0 Å². The third-order valence-electron chi connectivity index (χ3n) is 4.92. The lowest BCUT2D eigenvalue weighted by molar-refractivity contribution is -0.0592. The standard InChI is InChI=1S/C21H23NO/c1-21(2)15-18(11-13-23-21)16-8-9-20-17(14-16)10-12-22(20)19-6-4-3-5-7-19/h3-10,12,14,18H,11,13,15H2,1-2H3/t18-/m0/s1. The Morgan fingerprint density at radius 1 is 1.04 bits per heavy atom. The monoisotopic (exact) mass is 305 g/mol. The van der Waals surface area contributed by atoms with Crippen molar-refractivity contribution < 1.29 is 4.74 Å². The normalized spacial score (nSPS) is 20.7. The summed E-state index contributed by atoms with van der Waals surface area (Å²) in [4.78, 5) is 0. The molecular formula is C21H23NO. The molecule has 0 aliphatic carbocycles. The van der Waals surface area contributed by atoms with Crippen molar-refractivity contribution in [2.75, 3.05) is 6.61 Å². The largest absolute Gasteiger partial charge is 0.376 e. The summed E-state index contributed by atoms with van der Waals surface area (Å²) in [7, 11) is 0. The van der Waals surface area contributed by atoms with E-state index < -0.39 is 0 Å². The van der Waals surface area contributed by atoms with Crippen LogP contribution in [0.1, 0.15) is 38.2 Å². The number of ether oxygens (including phenoxy) is 1. The van der Waals surface area contributed by atoms with E-state index in [2.05, 4.69) is 79.2 Å². The Bertz CT molecular complexity index is 816. The van der Waals surface area contributed by atoms with Crippen molar-refractivity contribution in [3.63, 3.8) is 0 Å². The van der Waals surface area contributed by atoms with Gasteiger partial charge in [-0.1, -0.05) is 24.3 Å². The molecule has 1 atom stereocenters. The fraction of sp³-hybridized carbons (Fsp3) is 0.333. The quantitative estimate of drug-likeness (QED) is 0.626. The third kappa shape index (κ3) is 2.79. The summed E-state index contributed by atoms with van der Waals surface area (Å²) in [5, 5.41) is 1.32. The van der Waals surface area contributed by atoms with Crippen molar-refractivity contribution in [3.05, 3.63) is 66.4 Å². The Morgan fingerprint density at radius 3 is 2.65 bits per heavy atom. The highest BCUT2D eigenvalue weighted by Gasteiger charge is 2.29. The fourth-order valence-electron chi connectivity index (χ4n) is 3.75. The van der Waals surface area contributed by atoms with Gasteiger partial charge in [0.05, 0.1) is 11.1 Å². The number of aromatic nitrogens is 1. The average Bonchev–Trinajstić information content (AvgIpc) is 2.98. The Labute approximate surface area is 137 Å². The van der Waals surface area contributed by atoms with Gasteiger partial charge in [-0.25, -0.2) is 0 Å². The van der Waals surface area contributed by atoms with Gasteiger partial charge in [-0.2, -0.15) is 0 Å². The van der Waals surface area contributed by atoms with Gasteiger partial charge in [0.1, 0.15) is 0 Å². The molecule has 1 aromatic heterocycles. The third-order valence-corrected chi connectivity index (χ3v) is 4.92. The van der Waals surface area contributed by atoms with Crippen molar-refractivity contribution in [3.8, 4) is 5.69 Å². The molecule has 0 N–H and O–H groups in total. The second kappa shape index (κ2) is 5.54. The molecule has 2 heteroatoms. The van der Waals surface area contributed by atoms with Crippen molar-refractivity contribution >= 4 is 10.9 Å². The fourth-order valence-corrected chi connectivity index (χ4v) is 3.75. The number of hydrogen-bond donors (Lipinski definition) is 0. The second-order valence-corrected chi connectivity index (χ2v) is 7.14. The van der Waals surface area contributed by atoms with E-state index >= 15 is 0 Å². The molecule has 0 bridgehead atoms. The number of para-hydroxylation sites is 1. The van der Waals surface area contributed by atoms with Gasteiger partial charge in [-0.05, 0) is 68.5 Å². The van der Waals surface area contributed by atoms with Crippen LogP contribution in [0.15, 0.2) is 60.8 Å². The van der Waals surface area contributed by atoms with Gasteiger partial charge >= 0.3 is 0 Å². The molecule has 1 fully saturated rings. The Balaban J connectivity index is 1.70. The van der Waals surface area contributed by atoms with Crippen molar-refractivity contribution in [1.29, 1.82) is 0 Å². The minimum Gasteiger partial charge on any atom is -0.376 e. The van der Waals surface area contributed by atoms with Gasteiger partial charge < -0.3 is 9.30 Å². The molecule has 1 aliphatic heterocycles. The van der Waals surface area contributed by atoms with Crippen LogP contribution in [0.25, 0.3) is 16.6 Å². The van der Waals surface area contributed by atoms with E-state index in [0.717, 1.165) is 19.4 Å². The van der Waals surface area contributed by atoms with E-state index in [0.29, 0.717) is 5.92 Å². The van der Waals surface area contributed by atoms with Crippen LogP contribution in [0.5, 0.6) is 0 Å². The van der Waals surface area contributed by atoms with E-state index in [1.807, 2.05) is 0 Å². The Morgan fingerprint density at radius 2 is 1.87 bits per heavy atom. The molecule has 2 heterocycles. The molecule has 2 aromatic carbocycles. The smallest absolute Gasteiger partial charge is 0.0632 e. The topological polar surface area (TPSA) is 14.2 Å². The van der Waals surface area contributed by atoms with E-state index in [4.69, 9.17) is 4.74 Å². The van der Waals surface area contributed by atoms with Crippen LogP contribution in [0.2, 0.25) is 0 Å². The lowest BCUT2D eigenvalue weighted by atomic mass is 9.83. The number of fused-ring (bicyclic) bond motifs is 1. The minimum atomic E-state index is -0.00611. The van der Waals surface area contributed by atoms with Crippen LogP contribution in [-0.4, -0.2) is 16.8 Å². The lowest BCUT2D eigenvalue weighted by Crippen LogP contribution is -2.32. The number of nitrogens with zero attached hydrogens (tertiary/aromatic N) is 1. The first kappa shape index (κ1) is 14.5. The lowest BCUT2D eigenvalue weighted by Gasteiger charge is -2.35. The number of rotatable bonds is 2. The van der Waals surface area contributed by atoms with Gasteiger partial charge in [-0.3, -0.25) is 0 Å². The maximum Gasteiger partial charge on any atom is 0.0632 e. The highest BCUT2D eigenvalue weighted by atomic mass is 16.5. The SMILES string of the molecule is CC1(C)C[C@@H](c2ccc3c(ccn3-c3ccccc3)c2)CCO1. The van der Waals surface area contributed by atoms with E-state index in [1.54, 1.807) is 0 Å². The molecule has 1 aliphatic rings. The zero-order chi connectivity index (χ0) is 15.9. The van der Waals surface area contributed by atoms with Gasteiger partial charge in [0, 0.05) is 23.9 Å². The second-order valence-electron chi connectivity index (χ2n) is 7.14. The Kier molecular flexibility index (Phi) is 3.50. The highest BCUT2D eigenvalue weighted by Crippen LogP contribution is 2.36. The van der Waals surface area contributed by atoms with Gasteiger partial charge in [0.25, 0.3) is 0 Å². The zero-order valence-electron chi connectivity index (χ0n) is 13.8. The van der Waals surface area contributed by atoms with Crippen LogP contribution in [-0.2, 0) is 4.74 Å². The summed E-state index contributed by atoms with van der Waals surface area (Å²) in [5.41, 5.74) is 3.92. The molecule has 0 unspecified atom stereocenters. The van der Waals surface area contributed by atoms with Crippen LogP contribution in [0.4, 0.5) is 0 Å². The van der Waals surface area contributed by atoms with Crippen LogP contribution < -0.4 is 0 Å². The highest BCUT2D eigenvalue weighted by molar-refractivity contribution is 5.82. The molecule has 0 amide bonds. The average molecular weight is 305 g/mol. The van der Waals surface area contributed by atoms with Crippen LogP contribution >= 0.6 is 0 Å². The molecule has 3 aromatic rings. The summed E-state index contributed by atoms with van der Waals surface area (Å²) in [5.74, 6) is 0.600. The first-order valence-corrected chi connectivity index (χ1v) is 8.43. The van der Waals surface area contributed by atoms with Crippen LogP contribution in [0.3, 0.4) is 0 Å². The summed E-state index contributed by atoms with van der Waals surface area (Å²) in [6.07, 6.45) is 4.38. The summed E-state index contributed by atoms with van der Waals surface area (Å²) < 4.78 is 8.12. The van der Waals surface area contributed by atoms with Gasteiger partial charge in [0.15, 0.2) is 0 Å². The zero-order valence-corrected chi connectivity index (χ0v) is 13.8. The van der Waals surface area contributed by atoms with E-state index in [1.165, 1.54) is 22.2 Å². The van der Waals surface area contributed by atoms with Gasteiger partial charge in [-0.15, -0.1) is 0 Å². The molecule has 23 heavy (non-hydrogen) atoms. The molecular weight excluding hydrogens is 282 g/mol. The van der Waals surface area contributed by atoms with E-state index in [-0.39, 0.29) is 5.60 Å². The maximum absolute atomic E-state index is 5.86. The summed E-state index contributed by atoms with van der Waals surface area (Å²) in [6.45, 7) is 5.26. The van der Waals surface area contributed by atoms with Crippen molar-refractivity contribution in [2.24, 2.45) is 0 Å². The van der Waals surface area contributed by atoms with E-state index in [9.17, 15) is 0 Å². The first-order valence-electron chi connectivity index (χ1n) is 8.43. The summed E-state index contributed by atoms with van der Waals surface area (Å²) >= 11 is 0. The minimum absolute atomic E-state index is 0.00611. The molecule has 118 valence electrons. The molecule has 1 saturated heterocycles. The predicted molar refractivity (Wildman–Crippen MR) is 95.3 cm³/mol. The Hall–Kier alpha value is -2.06. The molecule has 4 rings (SSSR count). The number of hydrogen-bond acceptors (Lipinski definition) is 1. The van der Waals surface area contributed by atoms with Crippen molar-refractivity contribution in [1.82, 2.24) is 4.57 Å². The number of benzene rings is 2. The predicted octanol–water partition coefficient (Wildman–Crippen LogP) is 5.30. The van der Waals surface area contributed by atoms with Gasteiger partial charge in [0.2, 0.25) is 0 Å². The molecule has 0 radical (unpaired) electrons. The molecule has 0 saturated carbocycles. The molecule has 0 spiro atoms. The van der Waals surface area contributed by atoms with Crippen molar-refractivity contribution in [2.45, 2.75) is 38.2 Å². The summed E-state index contributed by atoms with van der Waals surface area (Å²) in [6, 6.07) is 19.7. The maximum atomic E-state index is 5.86.